The fourth-order valence-electron chi connectivity index (χ4n) is 3.70. The highest BCUT2D eigenvalue weighted by Crippen LogP contribution is 2.34. The molecular weight excluding hydrogens is 414 g/mol. The highest BCUT2D eigenvalue weighted by Gasteiger charge is 2.27. The number of pyridine rings is 1. The first-order chi connectivity index (χ1) is 14.6. The minimum absolute atomic E-state index is 0.290. The third kappa shape index (κ3) is 3.81. The summed E-state index contributed by atoms with van der Waals surface area (Å²) in [4.78, 5) is 18.5. The lowest BCUT2D eigenvalue weighted by Gasteiger charge is -2.29. The summed E-state index contributed by atoms with van der Waals surface area (Å²) in [7, 11) is 0. The molecule has 0 saturated carbocycles. The maximum Gasteiger partial charge on any atom is 0.229 e. The molecule has 0 spiro atoms. The number of anilines is 1. The summed E-state index contributed by atoms with van der Waals surface area (Å²) in [6.07, 6.45) is 1.98. The standard InChI is InChI=1S/C22H23N5OS2/c1-13(2)19-25-20(28-26-19)15-9-11-27(12-10-15)22-24-18-8-7-17(23-21(18)30-22)14-3-5-16(29)6-4-14/h3-8,13,15,29H,9-12H2,1-2H3. The number of aromatic nitrogens is 4. The van der Waals surface area contributed by atoms with Crippen molar-refractivity contribution in [3.63, 3.8) is 0 Å². The van der Waals surface area contributed by atoms with Gasteiger partial charge in [-0.25, -0.2) is 9.97 Å². The topological polar surface area (TPSA) is 67.9 Å². The van der Waals surface area contributed by atoms with Crippen LogP contribution in [0.25, 0.3) is 21.6 Å². The van der Waals surface area contributed by atoms with Crippen molar-refractivity contribution in [3.8, 4) is 11.3 Å². The molecule has 6 nitrogen and oxygen atoms in total. The SMILES string of the molecule is CC(C)c1noc(C2CCN(c3nc4ccc(-c5ccc(S)cc5)nc4s3)CC2)n1. The van der Waals surface area contributed by atoms with Crippen molar-refractivity contribution in [1.29, 1.82) is 0 Å². The molecule has 0 atom stereocenters. The number of hydrogen-bond donors (Lipinski definition) is 1. The van der Waals surface area contributed by atoms with Crippen molar-refractivity contribution in [1.82, 2.24) is 20.1 Å². The zero-order chi connectivity index (χ0) is 20.7. The molecule has 1 aliphatic heterocycles. The monoisotopic (exact) mass is 437 g/mol. The Hall–Kier alpha value is -2.45. The molecule has 0 unspecified atom stereocenters. The van der Waals surface area contributed by atoms with Crippen LogP contribution in [-0.2, 0) is 0 Å². The van der Waals surface area contributed by atoms with Crippen LogP contribution in [0.4, 0.5) is 5.13 Å². The van der Waals surface area contributed by atoms with Crippen LogP contribution in [0, 0.1) is 0 Å². The summed E-state index contributed by atoms with van der Waals surface area (Å²) in [5, 5.41) is 5.15. The minimum atomic E-state index is 0.290. The average Bonchev–Trinajstić information content (AvgIpc) is 3.41. The summed E-state index contributed by atoms with van der Waals surface area (Å²) in [6, 6.07) is 12.2. The van der Waals surface area contributed by atoms with Gasteiger partial charge in [-0.1, -0.05) is 42.5 Å². The van der Waals surface area contributed by atoms with Gasteiger partial charge in [0.15, 0.2) is 11.0 Å². The first-order valence-electron chi connectivity index (χ1n) is 10.2. The summed E-state index contributed by atoms with van der Waals surface area (Å²) in [5.41, 5.74) is 3.00. The fraction of sp³-hybridized carbons (Fsp3) is 0.364. The molecule has 8 heteroatoms. The third-order valence-corrected chi connectivity index (χ3v) is 6.82. The zero-order valence-electron chi connectivity index (χ0n) is 16.9. The second-order valence-electron chi connectivity index (χ2n) is 7.97. The molecule has 4 heterocycles. The van der Waals surface area contributed by atoms with E-state index in [1.54, 1.807) is 11.3 Å². The van der Waals surface area contributed by atoms with E-state index in [9.17, 15) is 0 Å². The van der Waals surface area contributed by atoms with Crippen molar-refractivity contribution in [2.75, 3.05) is 18.0 Å². The van der Waals surface area contributed by atoms with Crippen LogP contribution in [-0.4, -0.2) is 33.2 Å². The van der Waals surface area contributed by atoms with E-state index in [-0.39, 0.29) is 0 Å². The van der Waals surface area contributed by atoms with Gasteiger partial charge in [-0.15, -0.1) is 12.6 Å². The van der Waals surface area contributed by atoms with Crippen LogP contribution in [0.1, 0.15) is 50.2 Å². The molecular formula is C22H23N5OS2. The van der Waals surface area contributed by atoms with Crippen LogP contribution in [0.5, 0.6) is 0 Å². The van der Waals surface area contributed by atoms with Gasteiger partial charge in [0.2, 0.25) is 5.89 Å². The molecule has 0 radical (unpaired) electrons. The molecule has 1 aromatic carbocycles. The Morgan fingerprint density at radius 2 is 1.80 bits per heavy atom. The summed E-state index contributed by atoms with van der Waals surface area (Å²) in [6.45, 7) is 6.03. The lowest BCUT2D eigenvalue weighted by molar-refractivity contribution is 0.326. The molecule has 4 aromatic rings. The van der Waals surface area contributed by atoms with Gasteiger partial charge in [-0.3, -0.25) is 0 Å². The molecule has 0 bridgehead atoms. The van der Waals surface area contributed by atoms with Crippen molar-refractivity contribution >= 4 is 39.4 Å². The maximum atomic E-state index is 5.51. The van der Waals surface area contributed by atoms with Crippen molar-refractivity contribution in [2.24, 2.45) is 0 Å². The molecule has 30 heavy (non-hydrogen) atoms. The van der Waals surface area contributed by atoms with Crippen LogP contribution >= 0.6 is 24.0 Å². The predicted octanol–water partition coefficient (Wildman–Crippen LogP) is 5.54. The Bertz CT molecular complexity index is 1160. The van der Waals surface area contributed by atoms with E-state index in [0.29, 0.717) is 11.8 Å². The minimum Gasteiger partial charge on any atom is -0.348 e. The second kappa shape index (κ2) is 8.00. The van der Waals surface area contributed by atoms with Gasteiger partial charge in [0.1, 0.15) is 10.3 Å². The lowest BCUT2D eigenvalue weighted by atomic mass is 9.97. The van der Waals surface area contributed by atoms with Gasteiger partial charge in [0, 0.05) is 35.4 Å². The van der Waals surface area contributed by atoms with Crippen molar-refractivity contribution in [2.45, 2.75) is 43.4 Å². The second-order valence-corrected chi connectivity index (χ2v) is 9.44. The molecule has 1 fully saturated rings. The van der Waals surface area contributed by atoms with Gasteiger partial charge >= 0.3 is 0 Å². The van der Waals surface area contributed by atoms with E-state index in [2.05, 4.69) is 47.6 Å². The number of thiazole rings is 1. The van der Waals surface area contributed by atoms with Crippen molar-refractivity contribution in [3.05, 3.63) is 48.1 Å². The molecule has 5 rings (SSSR count). The quantitative estimate of drug-likeness (QED) is 0.423. The molecule has 1 saturated heterocycles. The van der Waals surface area contributed by atoms with Crippen LogP contribution in [0.3, 0.4) is 0 Å². The van der Waals surface area contributed by atoms with Gasteiger partial charge in [0.25, 0.3) is 0 Å². The number of nitrogens with zero attached hydrogens (tertiary/aromatic N) is 5. The number of benzene rings is 1. The maximum absolute atomic E-state index is 5.51. The smallest absolute Gasteiger partial charge is 0.229 e. The number of thiol groups is 1. The first kappa shape index (κ1) is 19.5. The molecule has 3 aromatic heterocycles. The van der Waals surface area contributed by atoms with E-state index < -0.39 is 0 Å². The van der Waals surface area contributed by atoms with E-state index in [1.165, 1.54) is 0 Å². The largest absolute Gasteiger partial charge is 0.348 e. The normalized spacial score (nSPS) is 15.4. The summed E-state index contributed by atoms with van der Waals surface area (Å²) in [5.74, 6) is 2.19. The number of piperidine rings is 1. The van der Waals surface area contributed by atoms with Gasteiger partial charge in [-0.2, -0.15) is 4.98 Å². The lowest BCUT2D eigenvalue weighted by Crippen LogP contribution is -2.32. The van der Waals surface area contributed by atoms with Gasteiger partial charge in [-0.05, 0) is 37.1 Å². The van der Waals surface area contributed by atoms with E-state index in [1.807, 2.05) is 30.3 Å². The molecule has 0 N–H and O–H groups in total. The number of rotatable bonds is 4. The van der Waals surface area contributed by atoms with E-state index >= 15 is 0 Å². The predicted molar refractivity (Wildman–Crippen MR) is 123 cm³/mol. The molecule has 1 aliphatic rings. The third-order valence-electron chi connectivity index (χ3n) is 5.50. The first-order valence-corrected chi connectivity index (χ1v) is 11.5. The Morgan fingerprint density at radius 1 is 1.03 bits per heavy atom. The molecule has 154 valence electrons. The average molecular weight is 438 g/mol. The van der Waals surface area contributed by atoms with Crippen LogP contribution in [0.2, 0.25) is 0 Å². The summed E-state index contributed by atoms with van der Waals surface area (Å²) >= 11 is 6.02. The summed E-state index contributed by atoms with van der Waals surface area (Å²) < 4.78 is 5.51. The Labute approximate surface area is 184 Å². The van der Waals surface area contributed by atoms with Gasteiger partial charge in [0.05, 0.1) is 5.69 Å². The molecule has 0 aliphatic carbocycles. The number of fused-ring (bicyclic) bond motifs is 1. The van der Waals surface area contributed by atoms with Gasteiger partial charge < -0.3 is 9.42 Å². The molecule has 0 amide bonds. The van der Waals surface area contributed by atoms with E-state index in [4.69, 9.17) is 14.5 Å². The highest BCUT2D eigenvalue weighted by molar-refractivity contribution is 7.80. The Balaban J connectivity index is 1.31. The van der Waals surface area contributed by atoms with E-state index in [0.717, 1.165) is 69.3 Å². The Kier molecular flexibility index (Phi) is 5.20. The van der Waals surface area contributed by atoms with Crippen molar-refractivity contribution < 1.29 is 4.52 Å². The number of hydrogen-bond acceptors (Lipinski definition) is 8. The van der Waals surface area contributed by atoms with Crippen LogP contribution < -0.4 is 4.90 Å². The highest BCUT2D eigenvalue weighted by atomic mass is 32.1. The fourth-order valence-corrected chi connectivity index (χ4v) is 4.84. The van der Waals surface area contributed by atoms with Crippen LogP contribution in [0.15, 0.2) is 45.8 Å². The Morgan fingerprint density at radius 3 is 2.50 bits per heavy atom. The zero-order valence-corrected chi connectivity index (χ0v) is 18.7.